The molecule has 0 fully saturated rings. The lowest BCUT2D eigenvalue weighted by atomic mass is 10.2. The molecule has 3 nitrogen and oxygen atoms in total. The van der Waals surface area contributed by atoms with Crippen LogP contribution in [0.25, 0.3) is 6.08 Å². The van der Waals surface area contributed by atoms with Crippen molar-refractivity contribution < 1.29 is 4.79 Å². The summed E-state index contributed by atoms with van der Waals surface area (Å²) in [6, 6.07) is 14.5. The maximum absolute atomic E-state index is 11.8. The third-order valence-corrected chi connectivity index (χ3v) is 2.80. The Morgan fingerprint density at radius 2 is 1.89 bits per heavy atom. The van der Waals surface area contributed by atoms with Gasteiger partial charge in [-0.3, -0.25) is 4.79 Å². The Labute approximate surface area is 116 Å². The van der Waals surface area contributed by atoms with E-state index in [0.717, 1.165) is 5.56 Å². The first-order valence-electron chi connectivity index (χ1n) is 5.74. The molecule has 96 valence electrons. The lowest BCUT2D eigenvalue weighted by Gasteiger charge is -2.05. The van der Waals surface area contributed by atoms with E-state index >= 15 is 0 Å². The van der Waals surface area contributed by atoms with Gasteiger partial charge in [-0.15, -0.1) is 0 Å². The number of rotatable bonds is 3. The zero-order chi connectivity index (χ0) is 13.7. The summed E-state index contributed by atoms with van der Waals surface area (Å²) >= 11 is 5.96. The first-order valence-corrected chi connectivity index (χ1v) is 6.12. The maximum Gasteiger partial charge on any atom is 0.248 e. The molecule has 0 unspecified atom stereocenters. The number of benzene rings is 2. The molecule has 0 saturated heterocycles. The van der Waals surface area contributed by atoms with Crippen molar-refractivity contribution in [1.29, 1.82) is 0 Å². The molecule has 19 heavy (non-hydrogen) atoms. The molecule has 0 spiro atoms. The maximum atomic E-state index is 11.8. The van der Waals surface area contributed by atoms with Crippen LogP contribution in [0.2, 0.25) is 5.02 Å². The second-order valence-corrected chi connectivity index (χ2v) is 4.38. The van der Waals surface area contributed by atoms with Crippen LogP contribution in [0.4, 0.5) is 11.4 Å². The average molecular weight is 273 g/mol. The van der Waals surface area contributed by atoms with Gasteiger partial charge < -0.3 is 11.1 Å². The van der Waals surface area contributed by atoms with E-state index in [1.807, 2.05) is 30.3 Å². The van der Waals surface area contributed by atoms with Gasteiger partial charge in [0.05, 0.1) is 10.7 Å². The highest BCUT2D eigenvalue weighted by Gasteiger charge is 2.03. The molecule has 3 N–H and O–H groups in total. The summed E-state index contributed by atoms with van der Waals surface area (Å²) in [6.07, 6.45) is 3.18. The third-order valence-electron chi connectivity index (χ3n) is 2.48. The van der Waals surface area contributed by atoms with Gasteiger partial charge in [-0.2, -0.15) is 0 Å². The van der Waals surface area contributed by atoms with Gasteiger partial charge in [0, 0.05) is 11.8 Å². The number of halogens is 1. The second kappa shape index (κ2) is 6.07. The van der Waals surface area contributed by atoms with E-state index in [4.69, 9.17) is 17.3 Å². The zero-order valence-corrected chi connectivity index (χ0v) is 10.9. The number of nitrogens with one attached hydrogen (secondary N) is 1. The number of nitrogens with two attached hydrogens (primary N) is 1. The van der Waals surface area contributed by atoms with Gasteiger partial charge in [0.2, 0.25) is 5.91 Å². The Morgan fingerprint density at radius 1 is 1.16 bits per heavy atom. The normalized spacial score (nSPS) is 10.6. The molecule has 1 amide bonds. The van der Waals surface area contributed by atoms with E-state index in [-0.39, 0.29) is 5.91 Å². The quantitative estimate of drug-likeness (QED) is 0.663. The smallest absolute Gasteiger partial charge is 0.248 e. The van der Waals surface area contributed by atoms with Crippen molar-refractivity contribution in [2.75, 3.05) is 11.1 Å². The van der Waals surface area contributed by atoms with E-state index in [1.165, 1.54) is 6.08 Å². The topological polar surface area (TPSA) is 55.1 Å². The number of anilines is 2. The van der Waals surface area contributed by atoms with Crippen molar-refractivity contribution in [3.63, 3.8) is 0 Å². The predicted octanol–water partition coefficient (Wildman–Crippen LogP) is 3.57. The third kappa shape index (κ3) is 3.86. The molecule has 0 saturated carbocycles. The van der Waals surface area contributed by atoms with Gasteiger partial charge in [-0.1, -0.05) is 41.9 Å². The van der Waals surface area contributed by atoms with Crippen LogP contribution in [0, 0.1) is 0 Å². The highest BCUT2D eigenvalue weighted by Crippen LogP contribution is 2.23. The van der Waals surface area contributed by atoms with E-state index in [0.29, 0.717) is 16.4 Å². The van der Waals surface area contributed by atoms with Gasteiger partial charge in [0.15, 0.2) is 0 Å². The number of carbonyl (C=O) groups excluding carboxylic acids is 1. The highest BCUT2D eigenvalue weighted by atomic mass is 35.5. The Balaban J connectivity index is 2.06. The molecule has 2 rings (SSSR count). The molecule has 0 heterocycles. The monoisotopic (exact) mass is 272 g/mol. The lowest BCUT2D eigenvalue weighted by Crippen LogP contribution is -2.08. The predicted molar refractivity (Wildman–Crippen MR) is 80.0 cm³/mol. The summed E-state index contributed by atoms with van der Waals surface area (Å²) in [5, 5.41) is 3.14. The van der Waals surface area contributed by atoms with Crippen molar-refractivity contribution in [3.8, 4) is 0 Å². The molecule has 0 aliphatic heterocycles. The molecule has 0 atom stereocenters. The molecular weight excluding hydrogens is 260 g/mol. The molecule has 0 bridgehead atoms. The standard InChI is InChI=1S/C15H13ClN2O/c16-13-8-7-12(17)10-14(13)18-15(19)9-6-11-4-2-1-3-5-11/h1-10H,17H2,(H,18,19)/b9-6+. The number of carbonyl (C=O) groups is 1. The van der Waals surface area contributed by atoms with Crippen LogP contribution in [0.1, 0.15) is 5.56 Å². The van der Waals surface area contributed by atoms with E-state index in [1.54, 1.807) is 24.3 Å². The zero-order valence-electron chi connectivity index (χ0n) is 10.1. The molecule has 0 aromatic heterocycles. The van der Waals surface area contributed by atoms with Gasteiger partial charge in [0.25, 0.3) is 0 Å². The largest absolute Gasteiger partial charge is 0.399 e. The summed E-state index contributed by atoms with van der Waals surface area (Å²) in [7, 11) is 0. The van der Waals surface area contributed by atoms with E-state index < -0.39 is 0 Å². The Morgan fingerprint density at radius 3 is 2.63 bits per heavy atom. The molecule has 0 radical (unpaired) electrons. The van der Waals surface area contributed by atoms with Crippen LogP contribution in [0.3, 0.4) is 0 Å². The molecule has 2 aromatic rings. The first kappa shape index (κ1) is 13.2. The number of amides is 1. The van der Waals surface area contributed by atoms with Crippen molar-refractivity contribution >= 4 is 35.0 Å². The van der Waals surface area contributed by atoms with Gasteiger partial charge in [-0.05, 0) is 29.8 Å². The van der Waals surface area contributed by atoms with Crippen molar-refractivity contribution in [3.05, 3.63) is 65.2 Å². The summed E-state index contributed by atoms with van der Waals surface area (Å²) in [5.74, 6) is -0.253. The van der Waals surface area contributed by atoms with Crippen LogP contribution in [-0.2, 0) is 4.79 Å². The van der Waals surface area contributed by atoms with Crippen molar-refractivity contribution in [1.82, 2.24) is 0 Å². The molecular formula is C15H13ClN2O. The number of hydrogen-bond donors (Lipinski definition) is 2. The van der Waals surface area contributed by atoms with Crippen molar-refractivity contribution in [2.24, 2.45) is 0 Å². The Bertz CT molecular complexity index is 609. The van der Waals surface area contributed by atoms with E-state index in [2.05, 4.69) is 5.32 Å². The van der Waals surface area contributed by atoms with Gasteiger partial charge in [0.1, 0.15) is 0 Å². The fourth-order valence-corrected chi connectivity index (χ4v) is 1.71. The van der Waals surface area contributed by atoms with Crippen LogP contribution in [-0.4, -0.2) is 5.91 Å². The summed E-state index contributed by atoms with van der Waals surface area (Å²) in [6.45, 7) is 0. The first-order chi connectivity index (χ1) is 9.15. The fraction of sp³-hybridized carbons (Fsp3) is 0. The highest BCUT2D eigenvalue weighted by molar-refractivity contribution is 6.34. The second-order valence-electron chi connectivity index (χ2n) is 3.97. The van der Waals surface area contributed by atoms with Crippen LogP contribution in [0.5, 0.6) is 0 Å². The number of hydrogen-bond acceptors (Lipinski definition) is 2. The summed E-state index contributed by atoms with van der Waals surface area (Å²) in [4.78, 5) is 11.8. The molecule has 2 aromatic carbocycles. The van der Waals surface area contributed by atoms with Crippen LogP contribution >= 0.6 is 11.6 Å². The Kier molecular flexibility index (Phi) is 4.21. The lowest BCUT2D eigenvalue weighted by molar-refractivity contribution is -0.111. The SMILES string of the molecule is Nc1ccc(Cl)c(NC(=O)/C=C/c2ccccc2)c1. The molecule has 4 heteroatoms. The van der Waals surface area contributed by atoms with Crippen LogP contribution in [0.15, 0.2) is 54.6 Å². The molecule has 0 aliphatic carbocycles. The van der Waals surface area contributed by atoms with E-state index in [9.17, 15) is 4.79 Å². The Hall–Kier alpha value is -2.26. The minimum absolute atomic E-state index is 0.253. The van der Waals surface area contributed by atoms with Gasteiger partial charge in [-0.25, -0.2) is 0 Å². The van der Waals surface area contributed by atoms with Crippen molar-refractivity contribution in [2.45, 2.75) is 0 Å². The summed E-state index contributed by atoms with van der Waals surface area (Å²) < 4.78 is 0. The molecule has 0 aliphatic rings. The van der Waals surface area contributed by atoms with Gasteiger partial charge >= 0.3 is 0 Å². The number of nitrogen functional groups attached to an aromatic ring is 1. The fourth-order valence-electron chi connectivity index (χ4n) is 1.55. The summed E-state index contributed by atoms with van der Waals surface area (Å²) in [5.41, 5.74) is 7.65. The minimum atomic E-state index is -0.253. The minimum Gasteiger partial charge on any atom is -0.399 e. The average Bonchev–Trinajstić information content (AvgIpc) is 2.42. The van der Waals surface area contributed by atoms with Crippen LogP contribution < -0.4 is 11.1 Å².